The summed E-state index contributed by atoms with van der Waals surface area (Å²) < 4.78 is 11.4. The average Bonchev–Trinajstić information content (AvgIpc) is 2.79. The van der Waals surface area contributed by atoms with Crippen molar-refractivity contribution in [3.8, 4) is 0 Å². The van der Waals surface area contributed by atoms with Crippen molar-refractivity contribution in [2.45, 2.75) is 25.6 Å². The van der Waals surface area contributed by atoms with Crippen molar-refractivity contribution < 1.29 is 14.3 Å². The van der Waals surface area contributed by atoms with E-state index in [1.807, 2.05) is 73.7 Å². The van der Waals surface area contributed by atoms with E-state index in [-0.39, 0.29) is 5.97 Å². The van der Waals surface area contributed by atoms with E-state index in [0.717, 1.165) is 5.56 Å². The predicted octanol–water partition coefficient (Wildman–Crippen LogP) is 4.79. The van der Waals surface area contributed by atoms with Crippen LogP contribution in [-0.4, -0.2) is 31.1 Å². The molecule has 0 aliphatic heterocycles. The summed E-state index contributed by atoms with van der Waals surface area (Å²) >= 11 is 0. The molecule has 0 radical (unpaired) electrons. The van der Waals surface area contributed by atoms with Crippen LogP contribution in [0.4, 0.5) is 0 Å². The van der Waals surface area contributed by atoms with Crippen molar-refractivity contribution >= 4 is 5.97 Å². The van der Waals surface area contributed by atoms with E-state index in [1.54, 1.807) is 7.11 Å². The Morgan fingerprint density at radius 3 is 1.70 bits per heavy atom. The van der Waals surface area contributed by atoms with Gasteiger partial charge < -0.3 is 9.47 Å². The van der Waals surface area contributed by atoms with Gasteiger partial charge in [-0.1, -0.05) is 91.0 Å². The molecule has 0 aromatic heterocycles. The molecule has 156 valence electrons. The first-order valence-electron chi connectivity index (χ1n) is 10.3. The maximum absolute atomic E-state index is 13.2. The van der Waals surface area contributed by atoms with Crippen LogP contribution in [0, 0.1) is 0 Å². The summed E-state index contributed by atoms with van der Waals surface area (Å²) in [5.41, 5.74) is 1.93. The van der Waals surface area contributed by atoms with Crippen LogP contribution in [0.1, 0.15) is 23.6 Å². The minimum atomic E-state index is -1.21. The third-order valence-electron chi connectivity index (χ3n) is 5.14. The van der Waals surface area contributed by atoms with E-state index in [0.29, 0.717) is 26.2 Å². The zero-order valence-corrected chi connectivity index (χ0v) is 17.7. The largest absolute Gasteiger partial charge is 0.464 e. The molecule has 3 aromatic carbocycles. The first kappa shape index (κ1) is 21.8. The monoisotopic (exact) mass is 403 g/mol. The lowest BCUT2D eigenvalue weighted by Crippen LogP contribution is -2.48. The Kier molecular flexibility index (Phi) is 7.77. The Morgan fingerprint density at radius 1 is 0.800 bits per heavy atom. The first-order valence-corrected chi connectivity index (χ1v) is 10.3. The number of hydrogen-bond donors (Lipinski definition) is 0. The van der Waals surface area contributed by atoms with Gasteiger partial charge in [0.1, 0.15) is 0 Å². The lowest BCUT2D eigenvalue weighted by molar-refractivity contribution is -0.173. The molecule has 4 heteroatoms. The topological polar surface area (TPSA) is 38.8 Å². The standard InChI is InChI=1S/C26H29NO3/c1-3-30-25(28)26(29-2,24-17-11-6-12-18-24)21-27(19-22-13-7-4-8-14-22)20-23-15-9-5-10-16-23/h4-18H,3,19-21H2,1-2H3/t26-/m0/s1. The fourth-order valence-electron chi connectivity index (χ4n) is 3.66. The molecule has 0 spiro atoms. The quantitative estimate of drug-likeness (QED) is 0.456. The van der Waals surface area contributed by atoms with Crippen molar-refractivity contribution in [1.29, 1.82) is 0 Å². The van der Waals surface area contributed by atoms with Gasteiger partial charge in [-0.05, 0) is 23.6 Å². The second kappa shape index (κ2) is 10.7. The van der Waals surface area contributed by atoms with Gasteiger partial charge >= 0.3 is 5.97 Å². The van der Waals surface area contributed by atoms with Gasteiger partial charge in [-0.2, -0.15) is 0 Å². The second-order valence-corrected chi connectivity index (χ2v) is 7.23. The summed E-state index contributed by atoms with van der Waals surface area (Å²) in [6.07, 6.45) is 0. The molecule has 0 amide bonds. The van der Waals surface area contributed by atoms with Crippen LogP contribution in [0.2, 0.25) is 0 Å². The van der Waals surface area contributed by atoms with Crippen molar-refractivity contribution in [2.24, 2.45) is 0 Å². The number of nitrogens with zero attached hydrogens (tertiary/aromatic N) is 1. The van der Waals surface area contributed by atoms with Crippen LogP contribution in [-0.2, 0) is 33.0 Å². The third kappa shape index (κ3) is 5.35. The van der Waals surface area contributed by atoms with Crippen LogP contribution in [0.25, 0.3) is 0 Å². The van der Waals surface area contributed by atoms with Gasteiger partial charge in [-0.15, -0.1) is 0 Å². The molecular weight excluding hydrogens is 374 g/mol. The van der Waals surface area contributed by atoms with E-state index in [9.17, 15) is 4.79 Å². The van der Waals surface area contributed by atoms with Crippen molar-refractivity contribution in [3.63, 3.8) is 0 Å². The number of benzene rings is 3. The fourth-order valence-corrected chi connectivity index (χ4v) is 3.66. The summed E-state index contributed by atoms with van der Waals surface area (Å²) in [7, 11) is 1.58. The van der Waals surface area contributed by atoms with Gasteiger partial charge in [0, 0.05) is 26.7 Å². The van der Waals surface area contributed by atoms with E-state index in [4.69, 9.17) is 9.47 Å². The minimum absolute atomic E-state index is 0.300. The van der Waals surface area contributed by atoms with Gasteiger partial charge in [-0.25, -0.2) is 4.79 Å². The number of carbonyl (C=O) groups excluding carboxylic acids is 1. The van der Waals surface area contributed by atoms with Crippen molar-refractivity contribution in [1.82, 2.24) is 4.90 Å². The van der Waals surface area contributed by atoms with Crippen molar-refractivity contribution in [2.75, 3.05) is 20.3 Å². The Hall–Kier alpha value is -2.95. The smallest absolute Gasteiger partial charge is 0.344 e. The summed E-state index contributed by atoms with van der Waals surface area (Å²) in [5.74, 6) is -0.371. The average molecular weight is 404 g/mol. The second-order valence-electron chi connectivity index (χ2n) is 7.23. The number of methoxy groups -OCH3 is 1. The summed E-state index contributed by atoms with van der Waals surface area (Å²) in [4.78, 5) is 15.4. The minimum Gasteiger partial charge on any atom is -0.464 e. The number of hydrogen-bond acceptors (Lipinski definition) is 4. The van der Waals surface area contributed by atoms with Crippen LogP contribution in [0.3, 0.4) is 0 Å². The number of carbonyl (C=O) groups is 1. The predicted molar refractivity (Wildman–Crippen MR) is 119 cm³/mol. The highest BCUT2D eigenvalue weighted by atomic mass is 16.6. The molecule has 0 aliphatic rings. The maximum atomic E-state index is 13.2. The lowest BCUT2D eigenvalue weighted by atomic mass is 9.92. The summed E-state index contributed by atoms with van der Waals surface area (Å²) in [5, 5.41) is 0. The number of ether oxygens (including phenoxy) is 2. The van der Waals surface area contributed by atoms with Crippen LogP contribution in [0.5, 0.6) is 0 Å². The SMILES string of the molecule is CCOC(=O)[C@@](CN(Cc1ccccc1)Cc1ccccc1)(OC)c1ccccc1. The molecule has 3 rings (SSSR count). The summed E-state index contributed by atoms with van der Waals surface area (Å²) in [6.45, 7) is 3.86. The molecule has 0 aliphatic carbocycles. The van der Waals surface area contributed by atoms with E-state index < -0.39 is 5.60 Å². The Labute approximate surface area is 179 Å². The van der Waals surface area contributed by atoms with Gasteiger partial charge in [0.2, 0.25) is 5.60 Å². The fraction of sp³-hybridized carbons (Fsp3) is 0.269. The number of rotatable bonds is 10. The Morgan fingerprint density at radius 2 is 1.27 bits per heavy atom. The highest BCUT2D eigenvalue weighted by molar-refractivity contribution is 5.81. The highest BCUT2D eigenvalue weighted by Crippen LogP contribution is 2.30. The molecular formula is C26H29NO3. The molecule has 30 heavy (non-hydrogen) atoms. The van der Waals surface area contributed by atoms with E-state index in [2.05, 4.69) is 29.2 Å². The van der Waals surface area contributed by atoms with Crippen molar-refractivity contribution in [3.05, 3.63) is 108 Å². The molecule has 4 nitrogen and oxygen atoms in total. The summed E-state index contributed by atoms with van der Waals surface area (Å²) in [6, 6.07) is 30.1. The van der Waals surface area contributed by atoms with Crippen LogP contribution < -0.4 is 0 Å². The molecule has 3 aromatic rings. The maximum Gasteiger partial charge on any atom is 0.344 e. The molecule has 0 saturated carbocycles. The van der Waals surface area contributed by atoms with Gasteiger partial charge in [-0.3, -0.25) is 4.90 Å². The molecule has 0 saturated heterocycles. The van der Waals surface area contributed by atoms with Gasteiger partial charge in [0.25, 0.3) is 0 Å². The van der Waals surface area contributed by atoms with E-state index >= 15 is 0 Å². The molecule has 0 N–H and O–H groups in total. The van der Waals surface area contributed by atoms with Gasteiger partial charge in [0.15, 0.2) is 0 Å². The Balaban J connectivity index is 1.97. The lowest BCUT2D eigenvalue weighted by Gasteiger charge is -2.36. The molecule has 0 heterocycles. The molecule has 0 fully saturated rings. The normalized spacial score (nSPS) is 13.0. The van der Waals surface area contributed by atoms with Gasteiger partial charge in [0.05, 0.1) is 6.61 Å². The Bertz CT molecular complexity index is 858. The zero-order valence-electron chi connectivity index (χ0n) is 17.7. The highest BCUT2D eigenvalue weighted by Gasteiger charge is 2.43. The molecule has 0 bridgehead atoms. The third-order valence-corrected chi connectivity index (χ3v) is 5.14. The number of esters is 1. The zero-order chi connectivity index (χ0) is 21.2. The van der Waals surface area contributed by atoms with Crippen LogP contribution in [0.15, 0.2) is 91.0 Å². The van der Waals surface area contributed by atoms with E-state index in [1.165, 1.54) is 11.1 Å². The molecule has 1 atom stereocenters. The first-order chi connectivity index (χ1) is 14.7. The molecule has 0 unspecified atom stereocenters. The van der Waals surface area contributed by atoms with Crippen LogP contribution >= 0.6 is 0 Å².